The van der Waals surface area contributed by atoms with E-state index in [-0.39, 0.29) is 0 Å². The Morgan fingerprint density at radius 1 is 1.07 bits per heavy atom. The molecule has 4 aromatic rings. The van der Waals surface area contributed by atoms with Crippen LogP contribution in [-0.2, 0) is 6.54 Å². The van der Waals surface area contributed by atoms with Gasteiger partial charge in [-0.05, 0) is 43.4 Å². The van der Waals surface area contributed by atoms with Gasteiger partial charge < -0.3 is 10.6 Å². The molecule has 1 aliphatic rings. The standard InChI is InChI=1S/C25H29N5/c1-17(2)14-26-23-24-27-16-22(30(24)21-7-5-4-6-20(21)29-23)19-10-8-18(9-11-19)15-28-25(3)12-13-25/h4-11,16-17,28H,12-15H2,1-3H3,(H,26,29). The Balaban J connectivity index is 1.54. The first-order valence-corrected chi connectivity index (χ1v) is 10.9. The quantitative estimate of drug-likeness (QED) is 0.445. The zero-order chi connectivity index (χ0) is 20.7. The second kappa shape index (κ2) is 7.40. The second-order valence-electron chi connectivity index (χ2n) is 9.14. The number of nitrogens with one attached hydrogen (secondary N) is 2. The lowest BCUT2D eigenvalue weighted by Crippen LogP contribution is -2.26. The van der Waals surface area contributed by atoms with Gasteiger partial charge in [0.15, 0.2) is 11.5 Å². The molecule has 0 atom stereocenters. The fraction of sp³-hybridized carbons (Fsp3) is 0.360. The molecular formula is C25H29N5. The fourth-order valence-electron chi connectivity index (χ4n) is 3.78. The number of nitrogens with zero attached hydrogens (tertiary/aromatic N) is 3. The van der Waals surface area contributed by atoms with Crippen LogP contribution < -0.4 is 10.6 Å². The molecule has 1 saturated carbocycles. The summed E-state index contributed by atoms with van der Waals surface area (Å²) in [6, 6.07) is 17.1. The van der Waals surface area contributed by atoms with Crippen molar-refractivity contribution < 1.29 is 0 Å². The van der Waals surface area contributed by atoms with Gasteiger partial charge in [0, 0.05) is 24.2 Å². The van der Waals surface area contributed by atoms with Crippen molar-refractivity contribution in [3.8, 4) is 11.3 Å². The molecule has 0 aliphatic heterocycles. The summed E-state index contributed by atoms with van der Waals surface area (Å²) in [7, 11) is 0. The van der Waals surface area contributed by atoms with E-state index in [9.17, 15) is 0 Å². The van der Waals surface area contributed by atoms with Crippen molar-refractivity contribution in [2.75, 3.05) is 11.9 Å². The summed E-state index contributed by atoms with van der Waals surface area (Å²) < 4.78 is 2.23. The molecule has 0 radical (unpaired) electrons. The summed E-state index contributed by atoms with van der Waals surface area (Å²) in [4.78, 5) is 9.59. The summed E-state index contributed by atoms with van der Waals surface area (Å²) in [5.74, 6) is 1.37. The van der Waals surface area contributed by atoms with E-state index in [0.29, 0.717) is 11.5 Å². The predicted octanol–water partition coefficient (Wildman–Crippen LogP) is 5.26. The van der Waals surface area contributed by atoms with Gasteiger partial charge in [0.1, 0.15) is 0 Å². The lowest BCUT2D eigenvalue weighted by Gasteiger charge is -2.13. The molecule has 0 amide bonds. The van der Waals surface area contributed by atoms with Crippen molar-refractivity contribution in [3.05, 3.63) is 60.3 Å². The minimum atomic E-state index is 0.353. The van der Waals surface area contributed by atoms with Crippen LogP contribution in [0.5, 0.6) is 0 Å². The molecule has 2 heterocycles. The van der Waals surface area contributed by atoms with E-state index in [2.05, 4.69) is 78.3 Å². The van der Waals surface area contributed by atoms with E-state index < -0.39 is 0 Å². The summed E-state index contributed by atoms with van der Waals surface area (Å²) >= 11 is 0. The van der Waals surface area contributed by atoms with Gasteiger partial charge in [-0.25, -0.2) is 9.97 Å². The van der Waals surface area contributed by atoms with E-state index in [1.54, 1.807) is 0 Å². The summed E-state index contributed by atoms with van der Waals surface area (Å²) in [6.07, 6.45) is 4.52. The molecule has 2 N–H and O–H groups in total. The van der Waals surface area contributed by atoms with Gasteiger partial charge in [0.25, 0.3) is 0 Å². The van der Waals surface area contributed by atoms with Crippen molar-refractivity contribution in [1.82, 2.24) is 19.7 Å². The van der Waals surface area contributed by atoms with E-state index in [1.807, 2.05) is 12.3 Å². The lowest BCUT2D eigenvalue weighted by atomic mass is 10.1. The molecule has 30 heavy (non-hydrogen) atoms. The highest BCUT2D eigenvalue weighted by molar-refractivity contribution is 5.86. The first kappa shape index (κ1) is 19.1. The Bertz CT molecular complexity index is 1190. The van der Waals surface area contributed by atoms with Crippen LogP contribution in [0, 0.1) is 5.92 Å². The van der Waals surface area contributed by atoms with Gasteiger partial charge in [-0.1, -0.05) is 50.2 Å². The number of para-hydroxylation sites is 2. The zero-order valence-electron chi connectivity index (χ0n) is 17.9. The molecule has 0 unspecified atom stereocenters. The summed E-state index contributed by atoms with van der Waals surface area (Å²) in [6.45, 7) is 8.47. The SMILES string of the molecule is CC(C)CNc1nc2ccccc2n2c(-c3ccc(CNC4(C)CC4)cc3)cnc12. The highest BCUT2D eigenvalue weighted by Crippen LogP contribution is 2.34. The Hall–Kier alpha value is -2.92. The maximum atomic E-state index is 4.85. The average molecular weight is 400 g/mol. The third-order valence-corrected chi connectivity index (χ3v) is 5.98. The topological polar surface area (TPSA) is 54.2 Å². The molecule has 2 aromatic carbocycles. The van der Waals surface area contributed by atoms with E-state index in [4.69, 9.17) is 9.97 Å². The first-order valence-electron chi connectivity index (χ1n) is 10.9. The fourth-order valence-corrected chi connectivity index (χ4v) is 3.78. The largest absolute Gasteiger partial charge is 0.367 e. The molecule has 1 fully saturated rings. The normalized spacial score (nSPS) is 15.2. The van der Waals surface area contributed by atoms with Crippen LogP contribution in [0.4, 0.5) is 5.82 Å². The molecule has 5 heteroatoms. The highest BCUT2D eigenvalue weighted by atomic mass is 15.1. The van der Waals surface area contributed by atoms with Crippen LogP contribution in [0.3, 0.4) is 0 Å². The van der Waals surface area contributed by atoms with Gasteiger partial charge in [-0.15, -0.1) is 0 Å². The number of rotatable bonds is 7. The number of benzene rings is 2. The van der Waals surface area contributed by atoms with E-state index in [0.717, 1.165) is 46.8 Å². The molecular weight excluding hydrogens is 370 g/mol. The monoisotopic (exact) mass is 399 g/mol. The minimum absolute atomic E-state index is 0.353. The van der Waals surface area contributed by atoms with Crippen LogP contribution in [0.15, 0.2) is 54.7 Å². The number of hydrogen-bond donors (Lipinski definition) is 2. The predicted molar refractivity (Wildman–Crippen MR) is 124 cm³/mol. The number of anilines is 1. The van der Waals surface area contributed by atoms with E-state index in [1.165, 1.54) is 18.4 Å². The minimum Gasteiger partial charge on any atom is -0.367 e. The smallest absolute Gasteiger partial charge is 0.181 e. The number of aromatic nitrogens is 3. The maximum absolute atomic E-state index is 4.85. The summed E-state index contributed by atoms with van der Waals surface area (Å²) in [5.41, 5.74) is 6.82. The molecule has 2 aromatic heterocycles. The second-order valence-corrected chi connectivity index (χ2v) is 9.14. The Kier molecular flexibility index (Phi) is 4.70. The molecule has 5 nitrogen and oxygen atoms in total. The van der Waals surface area contributed by atoms with Gasteiger partial charge in [0.2, 0.25) is 0 Å². The van der Waals surface area contributed by atoms with Crippen LogP contribution >= 0.6 is 0 Å². The maximum Gasteiger partial charge on any atom is 0.181 e. The first-order chi connectivity index (χ1) is 14.5. The van der Waals surface area contributed by atoms with Crippen molar-refractivity contribution in [1.29, 1.82) is 0 Å². The van der Waals surface area contributed by atoms with Gasteiger partial charge in [-0.2, -0.15) is 0 Å². The van der Waals surface area contributed by atoms with Crippen LogP contribution in [-0.4, -0.2) is 26.5 Å². The Morgan fingerprint density at radius 3 is 2.57 bits per heavy atom. The molecule has 0 bridgehead atoms. The van der Waals surface area contributed by atoms with Crippen molar-refractivity contribution >= 4 is 22.5 Å². The number of hydrogen-bond acceptors (Lipinski definition) is 4. The molecule has 0 saturated heterocycles. The molecule has 154 valence electrons. The molecule has 5 rings (SSSR count). The molecule has 0 spiro atoms. The highest BCUT2D eigenvalue weighted by Gasteiger charge is 2.36. The summed E-state index contributed by atoms with van der Waals surface area (Å²) in [5, 5.41) is 7.14. The van der Waals surface area contributed by atoms with Gasteiger partial charge in [0.05, 0.1) is 22.9 Å². The average Bonchev–Trinajstić information content (AvgIpc) is 3.32. The van der Waals surface area contributed by atoms with Crippen molar-refractivity contribution in [2.24, 2.45) is 5.92 Å². The third kappa shape index (κ3) is 3.65. The van der Waals surface area contributed by atoms with Crippen LogP contribution in [0.2, 0.25) is 0 Å². The molecule has 1 aliphatic carbocycles. The number of imidazole rings is 1. The third-order valence-electron chi connectivity index (χ3n) is 5.98. The number of fused-ring (bicyclic) bond motifs is 3. The Morgan fingerprint density at radius 2 is 1.83 bits per heavy atom. The van der Waals surface area contributed by atoms with Crippen LogP contribution in [0.25, 0.3) is 27.9 Å². The van der Waals surface area contributed by atoms with Crippen molar-refractivity contribution in [3.63, 3.8) is 0 Å². The zero-order valence-corrected chi connectivity index (χ0v) is 17.9. The Labute approximate surface area is 177 Å². The van der Waals surface area contributed by atoms with E-state index >= 15 is 0 Å². The van der Waals surface area contributed by atoms with Crippen molar-refractivity contribution in [2.45, 2.75) is 45.7 Å². The van der Waals surface area contributed by atoms with Crippen LogP contribution in [0.1, 0.15) is 39.2 Å². The van der Waals surface area contributed by atoms with Gasteiger partial charge >= 0.3 is 0 Å². The lowest BCUT2D eigenvalue weighted by molar-refractivity contribution is 0.538. The van der Waals surface area contributed by atoms with Gasteiger partial charge in [-0.3, -0.25) is 4.40 Å².